The molecule has 1 aliphatic rings. The Kier molecular flexibility index (Phi) is 5.06. The highest BCUT2D eigenvalue weighted by Gasteiger charge is 2.44. The van der Waals surface area contributed by atoms with E-state index in [-0.39, 0.29) is 36.2 Å². The van der Waals surface area contributed by atoms with Gasteiger partial charge in [0.15, 0.2) is 0 Å². The molecule has 0 bridgehead atoms. The second-order valence-corrected chi connectivity index (χ2v) is 5.84. The first-order chi connectivity index (χ1) is 10.5. The summed E-state index contributed by atoms with van der Waals surface area (Å²) < 4.78 is 5.43. The fourth-order valence-electron chi connectivity index (χ4n) is 3.09. The number of rotatable bonds is 5. The van der Waals surface area contributed by atoms with Crippen LogP contribution in [0.3, 0.4) is 0 Å². The van der Waals surface area contributed by atoms with Crippen molar-refractivity contribution in [2.24, 2.45) is 5.92 Å². The van der Waals surface area contributed by atoms with Gasteiger partial charge in [0.2, 0.25) is 11.8 Å². The number of carbonyl (C=O) groups excluding carboxylic acids is 2. The lowest BCUT2D eigenvalue weighted by atomic mass is 9.92. The number of likely N-dealkylation sites (tertiary alicyclic amines) is 1. The molecule has 5 nitrogen and oxygen atoms in total. The quantitative estimate of drug-likeness (QED) is 0.906. The van der Waals surface area contributed by atoms with Crippen molar-refractivity contribution in [2.45, 2.75) is 39.3 Å². The van der Waals surface area contributed by atoms with Crippen LogP contribution in [-0.2, 0) is 9.59 Å². The minimum absolute atomic E-state index is 0.0160. The Hall–Kier alpha value is -2.04. The third-order valence-corrected chi connectivity index (χ3v) is 4.00. The van der Waals surface area contributed by atoms with Gasteiger partial charge in [-0.2, -0.15) is 0 Å². The summed E-state index contributed by atoms with van der Waals surface area (Å²) in [6.07, 6.45) is 0.245. The molecule has 1 fully saturated rings. The van der Waals surface area contributed by atoms with Crippen molar-refractivity contribution in [1.82, 2.24) is 10.2 Å². The minimum atomic E-state index is -0.383. The lowest BCUT2D eigenvalue weighted by molar-refractivity contribution is -0.129. The number of methoxy groups -OCH3 is 1. The van der Waals surface area contributed by atoms with Crippen molar-refractivity contribution in [3.63, 3.8) is 0 Å². The number of hydrogen-bond acceptors (Lipinski definition) is 3. The normalized spacial score (nSPS) is 21.3. The van der Waals surface area contributed by atoms with Crippen LogP contribution in [0.2, 0.25) is 0 Å². The van der Waals surface area contributed by atoms with Gasteiger partial charge in [-0.3, -0.25) is 9.59 Å². The molecule has 1 aromatic rings. The fourth-order valence-corrected chi connectivity index (χ4v) is 3.09. The monoisotopic (exact) mass is 304 g/mol. The molecule has 1 aromatic carbocycles. The molecule has 1 saturated heterocycles. The SMILES string of the molecule is CCN1C(=O)C[C@@H](C(=O)NC(C)C)[C@@H]1c1ccccc1OC. The van der Waals surface area contributed by atoms with Crippen LogP contribution in [-0.4, -0.2) is 36.4 Å². The summed E-state index contributed by atoms with van der Waals surface area (Å²) in [5, 5.41) is 2.93. The van der Waals surface area contributed by atoms with Crippen molar-refractivity contribution in [1.29, 1.82) is 0 Å². The summed E-state index contributed by atoms with van der Waals surface area (Å²) in [6, 6.07) is 7.37. The molecule has 0 radical (unpaired) electrons. The maximum Gasteiger partial charge on any atom is 0.226 e. The molecule has 1 heterocycles. The Morgan fingerprint density at radius 3 is 2.68 bits per heavy atom. The molecule has 1 N–H and O–H groups in total. The first kappa shape index (κ1) is 16.3. The molecule has 2 atom stereocenters. The molecule has 0 saturated carbocycles. The number of ether oxygens (including phenoxy) is 1. The van der Waals surface area contributed by atoms with Crippen LogP contribution in [0.15, 0.2) is 24.3 Å². The van der Waals surface area contributed by atoms with Crippen LogP contribution in [0, 0.1) is 5.92 Å². The Labute approximate surface area is 131 Å². The third kappa shape index (κ3) is 3.08. The Balaban J connectivity index is 2.41. The van der Waals surface area contributed by atoms with E-state index in [1.165, 1.54) is 0 Å². The first-order valence-corrected chi connectivity index (χ1v) is 7.72. The summed E-state index contributed by atoms with van der Waals surface area (Å²) in [4.78, 5) is 26.6. The summed E-state index contributed by atoms with van der Waals surface area (Å²) in [6.45, 7) is 6.35. The molecule has 2 amide bonds. The maximum atomic E-state index is 12.5. The number of nitrogens with zero attached hydrogens (tertiary/aromatic N) is 1. The van der Waals surface area contributed by atoms with Crippen molar-refractivity contribution in [2.75, 3.05) is 13.7 Å². The van der Waals surface area contributed by atoms with Crippen LogP contribution in [0.25, 0.3) is 0 Å². The highest BCUT2D eigenvalue weighted by Crippen LogP contribution is 2.41. The van der Waals surface area contributed by atoms with Gasteiger partial charge in [-0.15, -0.1) is 0 Å². The van der Waals surface area contributed by atoms with E-state index >= 15 is 0 Å². The van der Waals surface area contributed by atoms with E-state index in [0.717, 1.165) is 5.56 Å². The van der Waals surface area contributed by atoms with Gasteiger partial charge < -0.3 is 15.0 Å². The second-order valence-electron chi connectivity index (χ2n) is 5.84. The number of nitrogens with one attached hydrogen (secondary N) is 1. The molecule has 0 aromatic heterocycles. The molecule has 0 unspecified atom stereocenters. The molecule has 0 aliphatic carbocycles. The van der Waals surface area contributed by atoms with Crippen LogP contribution < -0.4 is 10.1 Å². The van der Waals surface area contributed by atoms with Crippen LogP contribution >= 0.6 is 0 Å². The van der Waals surface area contributed by atoms with Gasteiger partial charge in [-0.1, -0.05) is 18.2 Å². The molecular formula is C17H24N2O3. The summed E-state index contributed by atoms with van der Waals surface area (Å²) >= 11 is 0. The van der Waals surface area contributed by atoms with Crippen LogP contribution in [0.5, 0.6) is 5.75 Å². The molecule has 2 rings (SSSR count). The molecule has 0 spiro atoms. The van der Waals surface area contributed by atoms with Gasteiger partial charge in [-0.05, 0) is 26.8 Å². The van der Waals surface area contributed by atoms with Crippen LogP contribution in [0.4, 0.5) is 0 Å². The predicted molar refractivity (Wildman–Crippen MR) is 84.5 cm³/mol. The first-order valence-electron chi connectivity index (χ1n) is 7.72. The lowest BCUT2D eigenvalue weighted by Crippen LogP contribution is -2.38. The van der Waals surface area contributed by atoms with Gasteiger partial charge in [0.1, 0.15) is 5.75 Å². The number of carbonyl (C=O) groups is 2. The minimum Gasteiger partial charge on any atom is -0.496 e. The Morgan fingerprint density at radius 2 is 2.09 bits per heavy atom. The molecule has 22 heavy (non-hydrogen) atoms. The van der Waals surface area contributed by atoms with E-state index in [4.69, 9.17) is 4.74 Å². The van der Waals surface area contributed by atoms with Crippen molar-refractivity contribution in [3.8, 4) is 5.75 Å². The maximum absolute atomic E-state index is 12.5. The highest BCUT2D eigenvalue weighted by atomic mass is 16.5. The van der Waals surface area contributed by atoms with Gasteiger partial charge in [0.05, 0.1) is 19.1 Å². The summed E-state index contributed by atoms with van der Waals surface area (Å²) in [5.74, 6) is 0.270. The van der Waals surface area contributed by atoms with E-state index in [1.54, 1.807) is 12.0 Å². The van der Waals surface area contributed by atoms with E-state index in [9.17, 15) is 9.59 Å². The number of benzene rings is 1. The van der Waals surface area contributed by atoms with Gasteiger partial charge in [0, 0.05) is 24.6 Å². The van der Waals surface area contributed by atoms with E-state index < -0.39 is 0 Å². The van der Waals surface area contributed by atoms with Gasteiger partial charge >= 0.3 is 0 Å². The average molecular weight is 304 g/mol. The molecule has 120 valence electrons. The Morgan fingerprint density at radius 1 is 1.41 bits per heavy atom. The van der Waals surface area contributed by atoms with E-state index in [1.807, 2.05) is 45.0 Å². The van der Waals surface area contributed by atoms with E-state index in [0.29, 0.717) is 12.3 Å². The molecule has 5 heteroatoms. The topological polar surface area (TPSA) is 58.6 Å². The lowest BCUT2D eigenvalue weighted by Gasteiger charge is -2.28. The fraction of sp³-hybridized carbons (Fsp3) is 0.529. The molecule has 1 aliphatic heterocycles. The zero-order valence-electron chi connectivity index (χ0n) is 13.6. The highest BCUT2D eigenvalue weighted by molar-refractivity contribution is 5.90. The molecular weight excluding hydrogens is 280 g/mol. The summed E-state index contributed by atoms with van der Waals surface area (Å²) in [5.41, 5.74) is 0.890. The van der Waals surface area contributed by atoms with Crippen molar-refractivity contribution >= 4 is 11.8 Å². The predicted octanol–water partition coefficient (Wildman–Crippen LogP) is 2.13. The van der Waals surface area contributed by atoms with Crippen LogP contribution in [0.1, 0.15) is 38.8 Å². The summed E-state index contributed by atoms with van der Waals surface area (Å²) in [7, 11) is 1.61. The Bertz CT molecular complexity index is 557. The smallest absolute Gasteiger partial charge is 0.226 e. The largest absolute Gasteiger partial charge is 0.496 e. The third-order valence-electron chi connectivity index (χ3n) is 4.00. The zero-order valence-corrected chi connectivity index (χ0v) is 13.6. The second kappa shape index (κ2) is 6.81. The van der Waals surface area contributed by atoms with Gasteiger partial charge in [0.25, 0.3) is 0 Å². The standard InChI is InChI=1S/C17H24N2O3/c1-5-19-15(20)10-13(17(21)18-11(2)3)16(19)12-8-6-7-9-14(12)22-4/h6-9,11,13,16H,5,10H2,1-4H3,(H,18,21)/t13-,16+/m1/s1. The van der Waals surface area contributed by atoms with E-state index in [2.05, 4.69) is 5.32 Å². The van der Waals surface area contributed by atoms with Crippen molar-refractivity contribution < 1.29 is 14.3 Å². The van der Waals surface area contributed by atoms with Crippen molar-refractivity contribution in [3.05, 3.63) is 29.8 Å². The zero-order chi connectivity index (χ0) is 16.3. The number of hydrogen-bond donors (Lipinski definition) is 1. The average Bonchev–Trinajstić information content (AvgIpc) is 2.83. The van der Waals surface area contributed by atoms with Gasteiger partial charge in [-0.25, -0.2) is 0 Å². The number of para-hydroxylation sites is 1. The number of amides is 2.